The summed E-state index contributed by atoms with van der Waals surface area (Å²) in [6.45, 7) is 1.54. The SMILES string of the molecule is COc1nc(N2CC3CCC(C2)N3)c2cc(Cl)c(-c3csc4ccc(N)c(C#N)c34)c(F)c2n1. The van der Waals surface area contributed by atoms with Gasteiger partial charge >= 0.3 is 6.01 Å². The number of benzene rings is 2. The maximum atomic E-state index is 16.2. The predicted molar refractivity (Wildman–Crippen MR) is 133 cm³/mol. The second-order valence-electron chi connectivity index (χ2n) is 8.68. The van der Waals surface area contributed by atoms with E-state index in [1.165, 1.54) is 18.4 Å². The maximum Gasteiger partial charge on any atom is 0.318 e. The molecule has 2 fully saturated rings. The minimum Gasteiger partial charge on any atom is -0.467 e. The standard InChI is InChI=1S/C24H20ClFN6OS/c1-33-24-30-22-13(23(31-24)32-8-11-2-3-12(9-32)29-11)6-16(25)20(21(22)26)15-10-34-18-5-4-17(28)14(7-27)19(15)18/h4-6,10-12,29H,2-3,8-9,28H2,1H3. The van der Waals surface area contributed by atoms with Gasteiger partial charge in [0.25, 0.3) is 0 Å². The Kier molecular flexibility index (Phi) is 4.99. The van der Waals surface area contributed by atoms with Gasteiger partial charge in [0.2, 0.25) is 0 Å². The minimum atomic E-state index is -0.575. The van der Waals surface area contributed by atoms with E-state index in [2.05, 4.69) is 26.3 Å². The van der Waals surface area contributed by atoms with Gasteiger partial charge in [-0.15, -0.1) is 11.3 Å². The number of methoxy groups -OCH3 is 1. The van der Waals surface area contributed by atoms with Crippen LogP contribution in [0.2, 0.25) is 5.02 Å². The molecule has 4 aromatic rings. The highest BCUT2D eigenvalue weighted by atomic mass is 35.5. The molecular weight excluding hydrogens is 475 g/mol. The smallest absolute Gasteiger partial charge is 0.318 e. The van der Waals surface area contributed by atoms with Crippen LogP contribution in [0.25, 0.3) is 32.1 Å². The Bertz CT molecular complexity index is 1500. The number of aromatic nitrogens is 2. The van der Waals surface area contributed by atoms with Crippen LogP contribution in [0.3, 0.4) is 0 Å². The lowest BCUT2D eigenvalue weighted by atomic mass is 9.98. The first-order valence-corrected chi connectivity index (χ1v) is 12.2. The number of rotatable bonds is 3. The molecule has 2 saturated heterocycles. The molecule has 2 aliphatic rings. The molecule has 2 unspecified atom stereocenters. The van der Waals surface area contributed by atoms with Gasteiger partial charge in [0.05, 0.1) is 23.4 Å². The number of thiophene rings is 1. The van der Waals surface area contributed by atoms with E-state index in [0.29, 0.717) is 45.5 Å². The zero-order chi connectivity index (χ0) is 23.6. The molecule has 0 aliphatic carbocycles. The molecule has 0 amide bonds. The monoisotopic (exact) mass is 494 g/mol. The molecule has 2 aliphatic heterocycles. The lowest BCUT2D eigenvalue weighted by Gasteiger charge is -2.34. The lowest BCUT2D eigenvalue weighted by molar-refractivity contribution is 0.380. The number of anilines is 2. The van der Waals surface area contributed by atoms with Crippen LogP contribution >= 0.6 is 22.9 Å². The Morgan fingerprint density at radius 1 is 1.29 bits per heavy atom. The van der Waals surface area contributed by atoms with Gasteiger partial charge in [0, 0.05) is 57.2 Å². The lowest BCUT2D eigenvalue weighted by Crippen LogP contribution is -2.51. The zero-order valence-electron chi connectivity index (χ0n) is 18.2. The third kappa shape index (κ3) is 3.17. The molecule has 7 nitrogen and oxygen atoms in total. The Morgan fingerprint density at radius 3 is 2.76 bits per heavy atom. The van der Waals surface area contributed by atoms with Crippen LogP contribution in [-0.4, -0.2) is 42.3 Å². The number of halogens is 2. The number of hydrogen-bond donors (Lipinski definition) is 2. The Balaban J connectivity index is 1.60. The first-order chi connectivity index (χ1) is 16.5. The molecule has 6 rings (SSSR count). The number of nitriles is 1. The molecule has 34 heavy (non-hydrogen) atoms. The fourth-order valence-corrected chi connectivity index (χ4v) is 6.41. The van der Waals surface area contributed by atoms with Crippen LogP contribution in [-0.2, 0) is 0 Å². The number of nitrogens with one attached hydrogen (secondary N) is 1. The van der Waals surface area contributed by atoms with Crippen molar-refractivity contribution in [3.63, 3.8) is 0 Å². The second-order valence-corrected chi connectivity index (χ2v) is 10.0. The third-order valence-corrected chi connectivity index (χ3v) is 7.94. The van der Waals surface area contributed by atoms with Gasteiger partial charge in [-0.25, -0.2) is 4.39 Å². The molecular formula is C24H20ClFN6OS. The van der Waals surface area contributed by atoms with Gasteiger partial charge in [-0.05, 0) is 31.0 Å². The molecule has 2 aromatic heterocycles. The number of fused-ring (bicyclic) bond motifs is 4. The van der Waals surface area contributed by atoms with Crippen LogP contribution in [0.1, 0.15) is 18.4 Å². The molecule has 0 radical (unpaired) electrons. The summed E-state index contributed by atoms with van der Waals surface area (Å²) < 4.78 is 22.4. The third-order valence-electron chi connectivity index (χ3n) is 6.69. The Morgan fingerprint density at radius 2 is 2.06 bits per heavy atom. The molecule has 0 spiro atoms. The molecule has 10 heteroatoms. The van der Waals surface area contributed by atoms with Crippen LogP contribution in [0.4, 0.5) is 15.9 Å². The molecule has 0 saturated carbocycles. The van der Waals surface area contributed by atoms with Crippen molar-refractivity contribution in [2.24, 2.45) is 0 Å². The van der Waals surface area contributed by atoms with E-state index in [4.69, 9.17) is 22.1 Å². The van der Waals surface area contributed by atoms with E-state index in [1.54, 1.807) is 17.5 Å². The van der Waals surface area contributed by atoms with Gasteiger partial charge < -0.3 is 20.7 Å². The predicted octanol–water partition coefficient (Wildman–Crippen LogP) is 4.71. The highest BCUT2D eigenvalue weighted by Gasteiger charge is 2.34. The number of nitrogens with two attached hydrogens (primary N) is 1. The van der Waals surface area contributed by atoms with Gasteiger partial charge in [0.1, 0.15) is 17.4 Å². The second kappa shape index (κ2) is 7.94. The van der Waals surface area contributed by atoms with Crippen molar-refractivity contribution in [3.8, 4) is 23.2 Å². The summed E-state index contributed by atoms with van der Waals surface area (Å²) in [4.78, 5) is 11.1. The van der Waals surface area contributed by atoms with Gasteiger partial charge in [-0.2, -0.15) is 15.2 Å². The van der Waals surface area contributed by atoms with Crippen molar-refractivity contribution >= 4 is 55.4 Å². The van der Waals surface area contributed by atoms with E-state index >= 15 is 4.39 Å². The summed E-state index contributed by atoms with van der Waals surface area (Å²) in [6, 6.07) is 8.23. The van der Waals surface area contributed by atoms with E-state index < -0.39 is 5.82 Å². The minimum absolute atomic E-state index is 0.0951. The number of nitrogen functional groups attached to an aromatic ring is 1. The summed E-state index contributed by atoms with van der Waals surface area (Å²) in [7, 11) is 1.47. The van der Waals surface area contributed by atoms with E-state index in [9.17, 15) is 5.26 Å². The molecule has 4 heterocycles. The molecule has 3 N–H and O–H groups in total. The average Bonchev–Trinajstić information content (AvgIpc) is 3.41. The van der Waals surface area contributed by atoms with Gasteiger partial charge in [-0.3, -0.25) is 0 Å². The fourth-order valence-electron chi connectivity index (χ4n) is 5.16. The number of nitrogens with zero attached hydrogens (tertiary/aromatic N) is 4. The van der Waals surface area contributed by atoms with Crippen molar-refractivity contribution in [1.29, 1.82) is 5.26 Å². The number of ether oxygens (including phenoxy) is 1. The quantitative estimate of drug-likeness (QED) is 0.398. The normalized spacial score (nSPS) is 19.6. The van der Waals surface area contributed by atoms with Crippen molar-refractivity contribution in [2.45, 2.75) is 24.9 Å². The van der Waals surface area contributed by atoms with Gasteiger partial charge in [0.15, 0.2) is 5.82 Å². The van der Waals surface area contributed by atoms with Gasteiger partial charge in [-0.1, -0.05) is 11.6 Å². The highest BCUT2D eigenvalue weighted by Crippen LogP contribution is 2.45. The Labute approximate surface area is 203 Å². The summed E-state index contributed by atoms with van der Waals surface area (Å²) in [5.41, 5.74) is 7.54. The van der Waals surface area contributed by atoms with Crippen LogP contribution in [0.5, 0.6) is 6.01 Å². The fraction of sp³-hybridized carbons (Fsp3) is 0.292. The summed E-state index contributed by atoms with van der Waals surface area (Å²) >= 11 is 8.13. The van der Waals surface area contributed by atoms with Crippen LogP contribution in [0, 0.1) is 17.1 Å². The van der Waals surface area contributed by atoms with E-state index in [-0.39, 0.29) is 22.1 Å². The van der Waals surface area contributed by atoms with Crippen molar-refractivity contribution in [1.82, 2.24) is 15.3 Å². The zero-order valence-corrected chi connectivity index (χ0v) is 19.8. The van der Waals surface area contributed by atoms with Crippen molar-refractivity contribution in [2.75, 3.05) is 30.8 Å². The van der Waals surface area contributed by atoms with Crippen molar-refractivity contribution < 1.29 is 9.13 Å². The molecule has 2 bridgehead atoms. The topological polar surface area (TPSA) is 100 Å². The van der Waals surface area contributed by atoms with E-state index in [1.807, 2.05) is 6.07 Å². The first-order valence-electron chi connectivity index (χ1n) is 10.9. The largest absolute Gasteiger partial charge is 0.467 e. The summed E-state index contributed by atoms with van der Waals surface area (Å²) in [6.07, 6.45) is 2.21. The van der Waals surface area contributed by atoms with E-state index in [0.717, 1.165) is 30.6 Å². The molecule has 2 atom stereocenters. The maximum absolute atomic E-state index is 16.2. The summed E-state index contributed by atoms with van der Waals surface area (Å²) in [5.74, 6) is 0.0401. The first kappa shape index (κ1) is 21.4. The number of piperazine rings is 1. The van der Waals surface area contributed by atoms with Crippen LogP contribution < -0.4 is 20.7 Å². The average molecular weight is 495 g/mol. The molecule has 172 valence electrons. The highest BCUT2D eigenvalue weighted by molar-refractivity contribution is 7.17. The number of hydrogen-bond acceptors (Lipinski definition) is 8. The molecule has 2 aromatic carbocycles. The Hall–Kier alpha value is -3.19. The summed E-state index contributed by atoms with van der Waals surface area (Å²) in [5, 5.41) is 16.5. The van der Waals surface area contributed by atoms with Crippen LogP contribution in [0.15, 0.2) is 23.6 Å². The van der Waals surface area contributed by atoms with Crippen molar-refractivity contribution in [3.05, 3.63) is 40.0 Å².